The zero-order valence-corrected chi connectivity index (χ0v) is 11.5. The van der Waals surface area contributed by atoms with Crippen LogP contribution in [0.25, 0.3) is 0 Å². The Labute approximate surface area is 79.8 Å². The van der Waals surface area contributed by atoms with Crippen LogP contribution in [0.15, 0.2) is 0 Å². The van der Waals surface area contributed by atoms with Crippen LogP contribution in [0.1, 0.15) is 26.2 Å². The van der Waals surface area contributed by atoms with Gasteiger partial charge < -0.3 is 0 Å². The third-order valence-electron chi connectivity index (χ3n) is 2.96. The third kappa shape index (κ3) is 2.75. The molecular weight excluding hydrogens is 255 g/mol. The monoisotopic (exact) mass is 276 g/mol. The predicted octanol–water partition coefficient (Wildman–Crippen LogP) is 3.08. The van der Waals surface area contributed by atoms with E-state index in [1.54, 1.807) is 0 Å². The molecule has 1 aliphatic rings. The number of hydrogen-bond donors (Lipinski definition) is 0. The second kappa shape index (κ2) is 3.68. The molecule has 0 amide bonds. The van der Waals surface area contributed by atoms with Crippen LogP contribution >= 0.6 is 0 Å². The molecule has 0 aromatic heterocycles. The summed E-state index contributed by atoms with van der Waals surface area (Å²) in [7, 11) is 0. The molecule has 2 atom stereocenters. The maximum absolute atomic E-state index is 11.4. The van der Waals surface area contributed by atoms with E-state index in [2.05, 4.69) is 21.7 Å². The van der Waals surface area contributed by atoms with Crippen molar-refractivity contribution >= 4 is 24.2 Å². The van der Waals surface area contributed by atoms with Gasteiger partial charge in [-0.15, -0.1) is 0 Å². The SMILES string of the molecule is C[C@@H]1CC(=O)C[C@H]([Sn]([CH3])([CH3])[CH3])C1. The van der Waals surface area contributed by atoms with Gasteiger partial charge in [-0.05, 0) is 0 Å². The van der Waals surface area contributed by atoms with Crippen LogP contribution in [-0.4, -0.2) is 24.2 Å². The van der Waals surface area contributed by atoms with Crippen molar-refractivity contribution in [2.75, 3.05) is 0 Å². The summed E-state index contributed by atoms with van der Waals surface area (Å²) in [5.41, 5.74) is 0. The van der Waals surface area contributed by atoms with Crippen molar-refractivity contribution in [2.24, 2.45) is 5.92 Å². The summed E-state index contributed by atoms with van der Waals surface area (Å²) in [5.74, 6) is 1.18. The number of Topliss-reactive ketones (excluding diaryl/α,β-unsaturated/α-hetero) is 1. The summed E-state index contributed by atoms with van der Waals surface area (Å²) < 4.78 is 0.815. The van der Waals surface area contributed by atoms with Crippen molar-refractivity contribution in [3.8, 4) is 0 Å². The normalized spacial score (nSPS) is 32.2. The van der Waals surface area contributed by atoms with Crippen LogP contribution < -0.4 is 0 Å². The Morgan fingerprint density at radius 1 is 1.25 bits per heavy atom. The number of hydrogen-bond acceptors (Lipinski definition) is 1. The van der Waals surface area contributed by atoms with Crippen molar-refractivity contribution in [1.82, 2.24) is 0 Å². The Morgan fingerprint density at radius 2 is 1.83 bits per heavy atom. The Balaban J connectivity index is 2.62. The van der Waals surface area contributed by atoms with Gasteiger partial charge in [0.1, 0.15) is 0 Å². The first-order chi connectivity index (χ1) is 5.39. The Morgan fingerprint density at radius 3 is 2.25 bits per heavy atom. The van der Waals surface area contributed by atoms with Gasteiger partial charge in [-0.3, -0.25) is 0 Å². The van der Waals surface area contributed by atoms with Gasteiger partial charge >= 0.3 is 79.8 Å². The van der Waals surface area contributed by atoms with E-state index in [9.17, 15) is 4.79 Å². The molecule has 0 aliphatic heterocycles. The minimum atomic E-state index is -1.76. The molecule has 1 fully saturated rings. The maximum atomic E-state index is 11.4. The van der Waals surface area contributed by atoms with Gasteiger partial charge in [0.25, 0.3) is 0 Å². The fourth-order valence-electron chi connectivity index (χ4n) is 2.06. The quantitative estimate of drug-likeness (QED) is 0.672. The third-order valence-corrected chi connectivity index (χ3v) is 11.2. The van der Waals surface area contributed by atoms with E-state index in [-0.39, 0.29) is 0 Å². The summed E-state index contributed by atoms with van der Waals surface area (Å²) in [5, 5.41) is 0. The fraction of sp³-hybridized carbons (Fsp3) is 0.900. The first-order valence-electron chi connectivity index (χ1n) is 4.91. The van der Waals surface area contributed by atoms with Crippen molar-refractivity contribution < 1.29 is 4.79 Å². The molecule has 0 aromatic carbocycles. The van der Waals surface area contributed by atoms with Crippen LogP contribution in [0.2, 0.25) is 18.8 Å². The Hall–Kier alpha value is 0.469. The van der Waals surface area contributed by atoms with Crippen LogP contribution in [-0.2, 0) is 4.79 Å². The molecule has 2 heteroatoms. The number of ketones is 1. The first-order valence-corrected chi connectivity index (χ1v) is 15.1. The molecule has 0 aromatic rings. The van der Waals surface area contributed by atoms with Crippen molar-refractivity contribution in [3.63, 3.8) is 0 Å². The van der Waals surface area contributed by atoms with Gasteiger partial charge in [0, 0.05) is 0 Å². The van der Waals surface area contributed by atoms with Crippen molar-refractivity contribution in [2.45, 2.75) is 44.9 Å². The number of carbonyl (C=O) groups is 1. The summed E-state index contributed by atoms with van der Waals surface area (Å²) in [4.78, 5) is 18.7. The molecule has 1 aliphatic carbocycles. The van der Waals surface area contributed by atoms with E-state index in [0.29, 0.717) is 11.7 Å². The number of carbonyl (C=O) groups excluding carboxylic acids is 1. The zero-order chi connectivity index (χ0) is 9.35. The topological polar surface area (TPSA) is 17.1 Å². The molecule has 1 rings (SSSR count). The Bertz CT molecular complexity index is 181. The molecule has 1 nitrogen and oxygen atoms in total. The van der Waals surface area contributed by atoms with Crippen LogP contribution in [0.3, 0.4) is 0 Å². The summed E-state index contributed by atoms with van der Waals surface area (Å²) >= 11 is -1.76. The van der Waals surface area contributed by atoms with E-state index in [4.69, 9.17) is 0 Å². The first kappa shape index (κ1) is 10.5. The molecule has 1 saturated carbocycles. The molecule has 12 heavy (non-hydrogen) atoms. The molecule has 0 bridgehead atoms. The van der Waals surface area contributed by atoms with Gasteiger partial charge in [-0.2, -0.15) is 0 Å². The van der Waals surface area contributed by atoms with E-state index in [1.807, 2.05) is 0 Å². The van der Waals surface area contributed by atoms with Crippen LogP contribution in [0.5, 0.6) is 0 Å². The molecule has 0 saturated heterocycles. The van der Waals surface area contributed by atoms with Crippen molar-refractivity contribution in [1.29, 1.82) is 0 Å². The van der Waals surface area contributed by atoms with Gasteiger partial charge in [-0.25, -0.2) is 0 Å². The van der Waals surface area contributed by atoms with Gasteiger partial charge in [-0.1, -0.05) is 0 Å². The second-order valence-corrected chi connectivity index (χ2v) is 21.2. The summed E-state index contributed by atoms with van der Waals surface area (Å²) in [6.07, 6.45) is 3.08. The molecule has 0 N–H and O–H groups in total. The average Bonchev–Trinajstić information content (AvgIpc) is 1.82. The van der Waals surface area contributed by atoms with E-state index in [0.717, 1.165) is 16.8 Å². The van der Waals surface area contributed by atoms with E-state index >= 15 is 0 Å². The molecule has 0 unspecified atom stereocenters. The molecule has 0 radical (unpaired) electrons. The van der Waals surface area contributed by atoms with Crippen LogP contribution in [0, 0.1) is 5.92 Å². The fourth-order valence-corrected chi connectivity index (χ4v) is 7.62. The zero-order valence-electron chi connectivity index (χ0n) is 8.68. The molecular formula is C10H20OSn. The summed E-state index contributed by atoms with van der Waals surface area (Å²) in [6, 6.07) is 0. The van der Waals surface area contributed by atoms with Crippen molar-refractivity contribution in [3.05, 3.63) is 0 Å². The number of rotatable bonds is 1. The standard InChI is InChI=1S/C7H11O.3CH3.Sn/c1-6-3-2-4-7(8)5-6;;;;/h2,6H,3-5H2,1H3;3*1H3;/t6-;;;;/m0..../s1. The predicted molar refractivity (Wildman–Crippen MR) is 55.1 cm³/mol. The van der Waals surface area contributed by atoms with E-state index in [1.165, 1.54) is 6.42 Å². The van der Waals surface area contributed by atoms with Gasteiger partial charge in [0.2, 0.25) is 0 Å². The van der Waals surface area contributed by atoms with Crippen LogP contribution in [0.4, 0.5) is 0 Å². The molecule has 70 valence electrons. The summed E-state index contributed by atoms with van der Waals surface area (Å²) in [6.45, 7) is 2.22. The van der Waals surface area contributed by atoms with Gasteiger partial charge in [0.15, 0.2) is 0 Å². The Kier molecular flexibility index (Phi) is 3.24. The average molecular weight is 275 g/mol. The minimum absolute atomic E-state index is 0.519. The second-order valence-electron chi connectivity index (χ2n) is 5.35. The van der Waals surface area contributed by atoms with Gasteiger partial charge in [0.05, 0.1) is 0 Å². The molecule has 0 heterocycles. The van der Waals surface area contributed by atoms with E-state index < -0.39 is 18.4 Å². The molecule has 0 spiro atoms.